The Morgan fingerprint density at radius 1 is 1.25 bits per heavy atom. The molecule has 1 rings (SSSR count). The largest absolute Gasteiger partial charge is 0.207 e. The molecule has 0 N–H and O–H groups in total. The summed E-state index contributed by atoms with van der Waals surface area (Å²) in [6.45, 7) is 4.19. The van der Waals surface area contributed by atoms with Crippen LogP contribution in [0, 0.1) is 5.82 Å². The van der Waals surface area contributed by atoms with Gasteiger partial charge in [0.05, 0.1) is 0 Å². The second-order valence-electron chi connectivity index (χ2n) is 3.52. The summed E-state index contributed by atoms with van der Waals surface area (Å²) in [7, 11) is 0. The summed E-state index contributed by atoms with van der Waals surface area (Å²) in [6, 6.07) is 6.62. The van der Waals surface area contributed by atoms with E-state index in [1.165, 1.54) is 12.1 Å². The molecule has 2 heteroatoms. The molecule has 0 aromatic heterocycles. The van der Waals surface area contributed by atoms with Gasteiger partial charge in [0.25, 0.3) is 0 Å². The molecule has 0 saturated carbocycles. The smallest absolute Gasteiger partial charge is 0.123 e. The zero-order valence-corrected chi connectivity index (χ0v) is 8.86. The molecule has 0 spiro atoms. The average Bonchev–Trinajstić information content (AvgIpc) is 1.91. The summed E-state index contributed by atoms with van der Waals surface area (Å²) in [4.78, 5) is 0. The average molecular weight is 231 g/mol. The Balaban J connectivity index is 2.71. The lowest BCUT2D eigenvalue weighted by atomic mass is 10.0. The fourth-order valence-electron chi connectivity index (χ4n) is 1.09. The first-order valence-electron chi connectivity index (χ1n) is 3.91. The number of halogens is 2. The molecular formula is C10H12BrF. The Bertz CT molecular complexity index is 246. The zero-order chi connectivity index (χ0) is 9.19. The van der Waals surface area contributed by atoms with Crippen LogP contribution in [0.1, 0.15) is 19.4 Å². The van der Waals surface area contributed by atoms with Gasteiger partial charge in [-0.05, 0) is 38.0 Å². The molecule has 0 nitrogen and oxygen atoms in total. The van der Waals surface area contributed by atoms with Crippen molar-refractivity contribution in [2.75, 3.05) is 0 Å². The van der Waals surface area contributed by atoms with Gasteiger partial charge in [0.15, 0.2) is 0 Å². The van der Waals surface area contributed by atoms with Crippen LogP contribution in [-0.2, 0) is 6.42 Å². The van der Waals surface area contributed by atoms with Crippen LogP contribution in [0.25, 0.3) is 0 Å². The molecule has 0 aliphatic rings. The summed E-state index contributed by atoms with van der Waals surface area (Å²) in [6.07, 6.45) is 0.910. The van der Waals surface area contributed by atoms with Gasteiger partial charge in [-0.15, -0.1) is 0 Å². The monoisotopic (exact) mass is 230 g/mol. The Morgan fingerprint density at radius 3 is 2.17 bits per heavy atom. The highest BCUT2D eigenvalue weighted by atomic mass is 79.9. The van der Waals surface area contributed by atoms with Gasteiger partial charge in [-0.2, -0.15) is 0 Å². The van der Waals surface area contributed by atoms with Crippen molar-refractivity contribution < 1.29 is 4.39 Å². The van der Waals surface area contributed by atoms with E-state index in [1.54, 1.807) is 0 Å². The second-order valence-corrected chi connectivity index (χ2v) is 5.67. The summed E-state index contributed by atoms with van der Waals surface area (Å²) < 4.78 is 12.6. The predicted octanol–water partition coefficient (Wildman–Crippen LogP) is 3.54. The van der Waals surface area contributed by atoms with E-state index >= 15 is 0 Å². The molecule has 0 amide bonds. The zero-order valence-electron chi connectivity index (χ0n) is 7.27. The first-order chi connectivity index (χ1) is 5.47. The molecular weight excluding hydrogens is 219 g/mol. The van der Waals surface area contributed by atoms with Crippen LogP contribution in [0.5, 0.6) is 0 Å². The number of benzene rings is 1. The first-order valence-corrected chi connectivity index (χ1v) is 4.70. The molecule has 12 heavy (non-hydrogen) atoms. The normalized spacial score (nSPS) is 11.7. The SMILES string of the molecule is CC(C)(Br)Cc1ccc(F)cc1. The van der Waals surface area contributed by atoms with Crippen molar-refractivity contribution in [1.29, 1.82) is 0 Å². The summed E-state index contributed by atoms with van der Waals surface area (Å²) in [5.74, 6) is -0.175. The van der Waals surface area contributed by atoms with Gasteiger partial charge in [-0.25, -0.2) is 4.39 Å². The lowest BCUT2D eigenvalue weighted by Crippen LogP contribution is -2.12. The fourth-order valence-corrected chi connectivity index (χ4v) is 1.41. The van der Waals surface area contributed by atoms with Crippen molar-refractivity contribution in [2.45, 2.75) is 24.6 Å². The maximum atomic E-state index is 12.5. The minimum Gasteiger partial charge on any atom is -0.207 e. The van der Waals surface area contributed by atoms with Crippen molar-refractivity contribution >= 4 is 15.9 Å². The van der Waals surface area contributed by atoms with Gasteiger partial charge in [0.1, 0.15) is 5.82 Å². The van der Waals surface area contributed by atoms with E-state index in [9.17, 15) is 4.39 Å². The Labute approximate surface area is 80.9 Å². The molecule has 0 aliphatic heterocycles. The van der Waals surface area contributed by atoms with Gasteiger partial charge in [0, 0.05) is 4.32 Å². The van der Waals surface area contributed by atoms with Gasteiger partial charge in [-0.3, -0.25) is 0 Å². The molecule has 0 radical (unpaired) electrons. The molecule has 0 atom stereocenters. The van der Waals surface area contributed by atoms with E-state index in [2.05, 4.69) is 29.8 Å². The Morgan fingerprint density at radius 2 is 1.75 bits per heavy atom. The molecule has 0 heterocycles. The third-order valence-corrected chi connectivity index (χ3v) is 1.82. The van der Waals surface area contributed by atoms with Gasteiger partial charge < -0.3 is 0 Å². The molecule has 1 aromatic rings. The van der Waals surface area contributed by atoms with Gasteiger partial charge in [-0.1, -0.05) is 28.1 Å². The number of hydrogen-bond donors (Lipinski definition) is 0. The molecule has 0 unspecified atom stereocenters. The molecule has 1 aromatic carbocycles. The lowest BCUT2D eigenvalue weighted by Gasteiger charge is -2.15. The molecule has 0 saturated heterocycles. The van der Waals surface area contributed by atoms with Crippen molar-refractivity contribution in [3.63, 3.8) is 0 Å². The number of alkyl halides is 1. The highest BCUT2D eigenvalue weighted by Gasteiger charge is 2.12. The summed E-state index contributed by atoms with van der Waals surface area (Å²) in [5.41, 5.74) is 1.15. The minimum atomic E-state index is -0.175. The van der Waals surface area contributed by atoms with E-state index in [0.29, 0.717) is 0 Å². The summed E-state index contributed by atoms with van der Waals surface area (Å²) in [5, 5.41) is 0. The maximum absolute atomic E-state index is 12.5. The first kappa shape index (κ1) is 9.72. The van der Waals surface area contributed by atoms with Crippen molar-refractivity contribution in [1.82, 2.24) is 0 Å². The topological polar surface area (TPSA) is 0 Å². The third-order valence-electron chi connectivity index (χ3n) is 1.54. The van der Waals surface area contributed by atoms with E-state index in [-0.39, 0.29) is 10.1 Å². The van der Waals surface area contributed by atoms with E-state index in [4.69, 9.17) is 0 Å². The van der Waals surface area contributed by atoms with Crippen LogP contribution in [0.15, 0.2) is 24.3 Å². The second kappa shape index (κ2) is 3.56. The van der Waals surface area contributed by atoms with Crippen LogP contribution < -0.4 is 0 Å². The van der Waals surface area contributed by atoms with E-state index < -0.39 is 0 Å². The van der Waals surface area contributed by atoms with E-state index in [0.717, 1.165) is 12.0 Å². The number of rotatable bonds is 2. The highest BCUT2D eigenvalue weighted by Crippen LogP contribution is 2.21. The third kappa shape index (κ3) is 3.35. The molecule has 0 bridgehead atoms. The standard InChI is InChI=1S/C10H12BrF/c1-10(2,11)7-8-3-5-9(12)6-4-8/h3-6H,7H2,1-2H3. The van der Waals surface area contributed by atoms with Crippen molar-refractivity contribution in [3.05, 3.63) is 35.6 Å². The van der Waals surface area contributed by atoms with Crippen LogP contribution >= 0.6 is 15.9 Å². The van der Waals surface area contributed by atoms with Crippen molar-refractivity contribution in [3.8, 4) is 0 Å². The van der Waals surface area contributed by atoms with Crippen LogP contribution in [0.3, 0.4) is 0 Å². The van der Waals surface area contributed by atoms with Crippen LogP contribution in [0.4, 0.5) is 4.39 Å². The Kier molecular flexibility index (Phi) is 2.89. The van der Waals surface area contributed by atoms with Crippen molar-refractivity contribution in [2.24, 2.45) is 0 Å². The molecule has 0 aliphatic carbocycles. The molecule has 0 fully saturated rings. The minimum absolute atomic E-state index is 0.0881. The summed E-state index contributed by atoms with van der Waals surface area (Å²) >= 11 is 3.54. The van der Waals surface area contributed by atoms with Gasteiger partial charge in [0.2, 0.25) is 0 Å². The van der Waals surface area contributed by atoms with Crippen LogP contribution in [-0.4, -0.2) is 4.32 Å². The van der Waals surface area contributed by atoms with Gasteiger partial charge >= 0.3 is 0 Å². The maximum Gasteiger partial charge on any atom is 0.123 e. The quantitative estimate of drug-likeness (QED) is 0.683. The highest BCUT2D eigenvalue weighted by molar-refractivity contribution is 9.10. The Hall–Kier alpha value is -0.370. The fraction of sp³-hybridized carbons (Fsp3) is 0.400. The predicted molar refractivity (Wildman–Crippen MR) is 53.1 cm³/mol. The lowest BCUT2D eigenvalue weighted by molar-refractivity contribution is 0.625. The molecule has 66 valence electrons. The number of hydrogen-bond acceptors (Lipinski definition) is 0. The van der Waals surface area contributed by atoms with E-state index in [1.807, 2.05) is 12.1 Å². The van der Waals surface area contributed by atoms with Crippen LogP contribution in [0.2, 0.25) is 0 Å².